The van der Waals surface area contributed by atoms with Crippen LogP contribution in [0.4, 0.5) is 11.6 Å². The minimum absolute atomic E-state index is 0.0543. The van der Waals surface area contributed by atoms with Crippen molar-refractivity contribution in [2.75, 3.05) is 10.6 Å². The van der Waals surface area contributed by atoms with Gasteiger partial charge < -0.3 is 10.6 Å². The molecule has 0 amide bonds. The molecule has 1 aromatic heterocycles. The van der Waals surface area contributed by atoms with Gasteiger partial charge in [0.15, 0.2) is 5.82 Å². The summed E-state index contributed by atoms with van der Waals surface area (Å²) in [6.07, 6.45) is 0. The fourth-order valence-electron chi connectivity index (χ4n) is 2.06. The average Bonchev–Trinajstić information content (AvgIpc) is 2.35. The molecule has 0 aliphatic heterocycles. The van der Waals surface area contributed by atoms with Gasteiger partial charge in [0.2, 0.25) is 0 Å². The smallest absolute Gasteiger partial charge is 0.163 e. The summed E-state index contributed by atoms with van der Waals surface area (Å²) in [4.78, 5) is 9.31. The second-order valence-corrected chi connectivity index (χ2v) is 7.58. The molecule has 2 rings (SSSR count). The van der Waals surface area contributed by atoms with Crippen molar-refractivity contribution >= 4 is 11.6 Å². The maximum atomic E-state index is 4.66. The van der Waals surface area contributed by atoms with Gasteiger partial charge in [-0.15, -0.1) is 0 Å². The average molecular weight is 298 g/mol. The molecule has 0 aliphatic rings. The van der Waals surface area contributed by atoms with Crippen molar-refractivity contribution < 1.29 is 0 Å². The van der Waals surface area contributed by atoms with Crippen molar-refractivity contribution in [1.82, 2.24) is 9.97 Å². The number of anilines is 2. The van der Waals surface area contributed by atoms with Crippen LogP contribution < -0.4 is 10.6 Å². The molecule has 0 atom stereocenters. The summed E-state index contributed by atoms with van der Waals surface area (Å²) in [5.41, 5.74) is 0.903. The van der Waals surface area contributed by atoms with Crippen molar-refractivity contribution in [3.63, 3.8) is 0 Å². The zero-order chi connectivity index (χ0) is 16.4. The Morgan fingerprint density at radius 3 is 1.59 bits per heavy atom. The molecule has 118 valence electrons. The van der Waals surface area contributed by atoms with E-state index < -0.39 is 0 Å². The molecule has 0 radical (unpaired) electrons. The Labute approximate surface area is 133 Å². The van der Waals surface area contributed by atoms with Gasteiger partial charge in [0.05, 0.1) is 0 Å². The van der Waals surface area contributed by atoms with E-state index in [1.807, 2.05) is 36.4 Å². The van der Waals surface area contributed by atoms with Crippen molar-refractivity contribution in [3.05, 3.63) is 36.4 Å². The molecule has 0 fully saturated rings. The van der Waals surface area contributed by atoms with Crippen LogP contribution >= 0.6 is 0 Å². The Bertz CT molecular complexity index is 588. The van der Waals surface area contributed by atoms with Crippen LogP contribution in [-0.4, -0.2) is 21.0 Å². The van der Waals surface area contributed by atoms with E-state index in [0.29, 0.717) is 0 Å². The Hall–Kier alpha value is -2.10. The topological polar surface area (TPSA) is 49.8 Å². The molecule has 0 saturated heterocycles. The van der Waals surface area contributed by atoms with Gasteiger partial charge in [-0.1, -0.05) is 30.3 Å². The zero-order valence-electron chi connectivity index (χ0n) is 14.4. The van der Waals surface area contributed by atoms with Crippen LogP contribution in [-0.2, 0) is 0 Å². The number of aromatic nitrogens is 2. The Kier molecular flexibility index (Phi) is 4.40. The van der Waals surface area contributed by atoms with E-state index >= 15 is 0 Å². The monoisotopic (exact) mass is 298 g/mol. The molecule has 2 aromatic rings. The summed E-state index contributed by atoms with van der Waals surface area (Å²) in [5, 5.41) is 6.85. The number of hydrogen-bond donors (Lipinski definition) is 2. The molecule has 0 unspecified atom stereocenters. The molecule has 4 heteroatoms. The Morgan fingerprint density at radius 1 is 0.727 bits per heavy atom. The lowest BCUT2D eigenvalue weighted by molar-refractivity contribution is 0.625. The van der Waals surface area contributed by atoms with E-state index in [1.54, 1.807) is 0 Å². The third-order valence-corrected chi connectivity index (χ3v) is 2.76. The van der Waals surface area contributed by atoms with Crippen LogP contribution in [0, 0.1) is 0 Å². The largest absolute Gasteiger partial charge is 0.365 e. The van der Waals surface area contributed by atoms with Gasteiger partial charge in [-0.3, -0.25) is 0 Å². The maximum absolute atomic E-state index is 4.66. The Morgan fingerprint density at radius 2 is 1.18 bits per heavy atom. The summed E-state index contributed by atoms with van der Waals surface area (Å²) in [6, 6.07) is 12.0. The van der Waals surface area contributed by atoms with E-state index in [0.717, 1.165) is 23.0 Å². The molecular weight excluding hydrogens is 272 g/mol. The van der Waals surface area contributed by atoms with Crippen molar-refractivity contribution in [3.8, 4) is 11.4 Å². The fourth-order valence-corrected chi connectivity index (χ4v) is 2.06. The second-order valence-electron chi connectivity index (χ2n) is 7.58. The SMILES string of the molecule is CC(C)(C)Nc1cc(NC(C)(C)C)nc(-c2ccccc2)n1. The third-order valence-electron chi connectivity index (χ3n) is 2.76. The lowest BCUT2D eigenvalue weighted by atomic mass is 10.1. The normalized spacial score (nSPS) is 12.1. The zero-order valence-corrected chi connectivity index (χ0v) is 14.4. The van der Waals surface area contributed by atoms with Gasteiger partial charge in [-0.05, 0) is 41.5 Å². The number of benzene rings is 1. The lowest BCUT2D eigenvalue weighted by Gasteiger charge is -2.24. The second kappa shape index (κ2) is 5.95. The summed E-state index contributed by atoms with van der Waals surface area (Å²) in [6.45, 7) is 12.7. The molecule has 1 heterocycles. The van der Waals surface area contributed by atoms with Gasteiger partial charge in [-0.2, -0.15) is 0 Å². The van der Waals surface area contributed by atoms with Gasteiger partial charge in [0.1, 0.15) is 11.6 Å². The van der Waals surface area contributed by atoms with E-state index in [2.05, 4.69) is 62.1 Å². The lowest BCUT2D eigenvalue weighted by Crippen LogP contribution is -2.29. The highest BCUT2D eigenvalue weighted by Gasteiger charge is 2.16. The highest BCUT2D eigenvalue weighted by atomic mass is 15.1. The van der Waals surface area contributed by atoms with Crippen molar-refractivity contribution in [2.45, 2.75) is 52.6 Å². The third kappa shape index (κ3) is 5.02. The molecule has 2 N–H and O–H groups in total. The predicted octanol–water partition coefficient (Wildman–Crippen LogP) is 4.56. The molecule has 4 nitrogen and oxygen atoms in total. The molecular formula is C18H26N4. The van der Waals surface area contributed by atoms with Gasteiger partial charge in [-0.25, -0.2) is 9.97 Å². The predicted molar refractivity (Wildman–Crippen MR) is 94.2 cm³/mol. The summed E-state index contributed by atoms with van der Waals surface area (Å²) >= 11 is 0. The number of nitrogens with zero attached hydrogens (tertiary/aromatic N) is 2. The first-order valence-corrected chi connectivity index (χ1v) is 7.63. The van der Waals surface area contributed by atoms with E-state index in [1.165, 1.54) is 0 Å². The van der Waals surface area contributed by atoms with Gasteiger partial charge in [0, 0.05) is 22.7 Å². The number of hydrogen-bond acceptors (Lipinski definition) is 4. The van der Waals surface area contributed by atoms with Crippen LogP contribution in [0.25, 0.3) is 11.4 Å². The van der Waals surface area contributed by atoms with Crippen molar-refractivity contribution in [1.29, 1.82) is 0 Å². The molecule has 22 heavy (non-hydrogen) atoms. The van der Waals surface area contributed by atoms with Crippen LogP contribution in [0.15, 0.2) is 36.4 Å². The van der Waals surface area contributed by atoms with Gasteiger partial charge >= 0.3 is 0 Å². The van der Waals surface area contributed by atoms with Gasteiger partial charge in [0.25, 0.3) is 0 Å². The molecule has 0 saturated carbocycles. The molecule has 0 bridgehead atoms. The number of rotatable bonds is 3. The quantitative estimate of drug-likeness (QED) is 0.872. The highest BCUT2D eigenvalue weighted by Crippen LogP contribution is 2.23. The van der Waals surface area contributed by atoms with Crippen molar-refractivity contribution in [2.24, 2.45) is 0 Å². The van der Waals surface area contributed by atoms with E-state index in [-0.39, 0.29) is 11.1 Å². The van der Waals surface area contributed by atoms with Crippen LogP contribution in [0.2, 0.25) is 0 Å². The molecule has 1 aromatic carbocycles. The first-order valence-electron chi connectivity index (χ1n) is 7.63. The van der Waals surface area contributed by atoms with E-state index in [4.69, 9.17) is 0 Å². The minimum Gasteiger partial charge on any atom is -0.365 e. The maximum Gasteiger partial charge on any atom is 0.163 e. The summed E-state index contributed by atoms with van der Waals surface area (Å²) < 4.78 is 0. The Balaban J connectivity index is 2.44. The van der Waals surface area contributed by atoms with Crippen LogP contribution in [0.3, 0.4) is 0 Å². The first kappa shape index (κ1) is 16.3. The van der Waals surface area contributed by atoms with E-state index in [9.17, 15) is 0 Å². The summed E-state index contributed by atoms with van der Waals surface area (Å²) in [5.74, 6) is 2.38. The molecule has 0 spiro atoms. The standard InChI is InChI=1S/C18H26N4/c1-17(2,3)21-14-12-15(22-18(4,5)6)20-16(19-14)13-10-8-7-9-11-13/h7-12H,1-6H3,(H2,19,20,21,22). The minimum atomic E-state index is -0.0543. The van der Waals surface area contributed by atoms with Crippen LogP contribution in [0.5, 0.6) is 0 Å². The first-order chi connectivity index (χ1) is 10.1. The highest BCUT2D eigenvalue weighted by molar-refractivity contribution is 5.61. The van der Waals surface area contributed by atoms with Crippen LogP contribution in [0.1, 0.15) is 41.5 Å². The fraction of sp³-hybridized carbons (Fsp3) is 0.444. The molecule has 0 aliphatic carbocycles. The number of nitrogens with one attached hydrogen (secondary N) is 2. The summed E-state index contributed by atoms with van der Waals surface area (Å²) in [7, 11) is 0.